The van der Waals surface area contributed by atoms with Gasteiger partial charge in [-0.2, -0.15) is 0 Å². The SMILES string of the molecule is C[C@H](Cn1c(=O)oc2ccccc21)NC(=O)CCN1C(=O)C2CCCCC2C1=O. The normalized spacial score (nSPS) is 22.7. The lowest BCUT2D eigenvalue weighted by atomic mass is 9.81. The fraction of sp³-hybridized carbons (Fsp3) is 0.524. The Morgan fingerprint density at radius 3 is 2.48 bits per heavy atom. The highest BCUT2D eigenvalue weighted by Gasteiger charge is 2.47. The van der Waals surface area contributed by atoms with E-state index >= 15 is 0 Å². The second kappa shape index (κ2) is 7.85. The van der Waals surface area contributed by atoms with Crippen molar-refractivity contribution in [2.75, 3.05) is 6.54 Å². The van der Waals surface area contributed by atoms with Crippen LogP contribution in [0.2, 0.25) is 0 Å². The minimum Gasteiger partial charge on any atom is -0.408 e. The number of carbonyl (C=O) groups excluding carboxylic acids is 3. The van der Waals surface area contributed by atoms with Gasteiger partial charge in [0.05, 0.1) is 17.4 Å². The van der Waals surface area contributed by atoms with E-state index in [4.69, 9.17) is 4.42 Å². The molecule has 2 aliphatic rings. The van der Waals surface area contributed by atoms with Crippen molar-refractivity contribution in [2.24, 2.45) is 11.8 Å². The lowest BCUT2D eigenvalue weighted by Crippen LogP contribution is -2.40. The zero-order valence-electron chi connectivity index (χ0n) is 16.4. The number of rotatable bonds is 6. The van der Waals surface area contributed by atoms with E-state index in [9.17, 15) is 19.2 Å². The average molecular weight is 399 g/mol. The lowest BCUT2D eigenvalue weighted by Gasteiger charge is -2.19. The Labute approximate surface area is 167 Å². The molecule has 2 aromatic rings. The van der Waals surface area contributed by atoms with Crippen LogP contribution in [0.1, 0.15) is 39.0 Å². The summed E-state index contributed by atoms with van der Waals surface area (Å²) in [6.07, 6.45) is 3.55. The second-order valence-electron chi connectivity index (χ2n) is 7.99. The van der Waals surface area contributed by atoms with Gasteiger partial charge in [0, 0.05) is 25.6 Å². The molecule has 0 bridgehead atoms. The molecule has 2 fully saturated rings. The molecule has 1 saturated carbocycles. The van der Waals surface area contributed by atoms with Gasteiger partial charge in [-0.25, -0.2) is 4.79 Å². The molecule has 1 aliphatic carbocycles. The van der Waals surface area contributed by atoms with Gasteiger partial charge in [-0.15, -0.1) is 0 Å². The predicted molar refractivity (Wildman–Crippen MR) is 105 cm³/mol. The van der Waals surface area contributed by atoms with Crippen molar-refractivity contribution in [3.8, 4) is 0 Å². The Kier molecular flexibility index (Phi) is 5.25. The Bertz CT molecular complexity index is 983. The summed E-state index contributed by atoms with van der Waals surface area (Å²) >= 11 is 0. The number of hydrogen-bond acceptors (Lipinski definition) is 5. The summed E-state index contributed by atoms with van der Waals surface area (Å²) in [6, 6.07) is 6.81. The van der Waals surface area contributed by atoms with Crippen LogP contribution in [0.4, 0.5) is 0 Å². The monoisotopic (exact) mass is 399 g/mol. The zero-order chi connectivity index (χ0) is 20.5. The molecular weight excluding hydrogens is 374 g/mol. The topological polar surface area (TPSA) is 102 Å². The molecular formula is C21H25N3O5. The third kappa shape index (κ3) is 3.71. The van der Waals surface area contributed by atoms with E-state index in [2.05, 4.69) is 5.32 Å². The molecule has 1 N–H and O–H groups in total. The van der Waals surface area contributed by atoms with Gasteiger partial charge >= 0.3 is 5.76 Å². The minimum atomic E-state index is -0.469. The van der Waals surface area contributed by atoms with Crippen LogP contribution in [0, 0.1) is 11.8 Å². The van der Waals surface area contributed by atoms with Gasteiger partial charge in [-0.3, -0.25) is 23.9 Å². The predicted octanol–water partition coefficient (Wildman–Crippen LogP) is 1.66. The second-order valence-corrected chi connectivity index (χ2v) is 7.99. The van der Waals surface area contributed by atoms with E-state index < -0.39 is 5.76 Å². The van der Waals surface area contributed by atoms with Crippen LogP contribution in [-0.4, -0.2) is 39.8 Å². The first-order chi connectivity index (χ1) is 14.0. The summed E-state index contributed by atoms with van der Waals surface area (Å²) in [7, 11) is 0. The maximum absolute atomic E-state index is 12.5. The fourth-order valence-corrected chi connectivity index (χ4v) is 4.52. The molecule has 0 spiro atoms. The molecule has 8 heteroatoms. The summed E-state index contributed by atoms with van der Waals surface area (Å²) < 4.78 is 6.69. The largest absolute Gasteiger partial charge is 0.420 e. The lowest BCUT2D eigenvalue weighted by molar-refractivity contribution is -0.140. The molecule has 29 heavy (non-hydrogen) atoms. The van der Waals surface area contributed by atoms with Crippen molar-refractivity contribution in [3.63, 3.8) is 0 Å². The zero-order valence-corrected chi connectivity index (χ0v) is 16.4. The maximum Gasteiger partial charge on any atom is 0.420 e. The smallest absolute Gasteiger partial charge is 0.408 e. The number of aromatic nitrogens is 1. The highest BCUT2D eigenvalue weighted by atomic mass is 16.4. The number of nitrogens with one attached hydrogen (secondary N) is 1. The van der Waals surface area contributed by atoms with Crippen molar-refractivity contribution in [3.05, 3.63) is 34.8 Å². The standard InChI is InChI=1S/C21H25N3O5/c1-13(12-24-16-8-4-5-9-17(16)29-21(24)28)22-18(25)10-11-23-19(26)14-6-2-3-7-15(14)20(23)27/h4-5,8-9,13-15H,2-3,6-7,10-12H2,1H3,(H,22,25)/t13-,14?,15?/m1/s1. The molecule has 1 aromatic carbocycles. The van der Waals surface area contributed by atoms with Gasteiger partial charge in [-0.1, -0.05) is 25.0 Å². The molecule has 3 amide bonds. The minimum absolute atomic E-state index is 0.0578. The quantitative estimate of drug-likeness (QED) is 0.745. The van der Waals surface area contributed by atoms with Crippen LogP contribution in [0.15, 0.2) is 33.5 Å². The number of nitrogens with zero attached hydrogens (tertiary/aromatic N) is 2. The van der Waals surface area contributed by atoms with E-state index in [0.717, 1.165) is 25.7 Å². The van der Waals surface area contributed by atoms with E-state index in [0.29, 0.717) is 11.1 Å². The van der Waals surface area contributed by atoms with Gasteiger partial charge in [0.15, 0.2) is 5.58 Å². The summed E-state index contributed by atoms with van der Waals surface area (Å²) in [5.74, 6) is -1.37. The van der Waals surface area contributed by atoms with Crippen molar-refractivity contribution < 1.29 is 18.8 Å². The first-order valence-corrected chi connectivity index (χ1v) is 10.2. The number of carbonyl (C=O) groups is 3. The van der Waals surface area contributed by atoms with E-state index in [-0.39, 0.29) is 55.1 Å². The van der Waals surface area contributed by atoms with Gasteiger partial charge in [0.1, 0.15) is 0 Å². The summed E-state index contributed by atoms with van der Waals surface area (Å²) in [6.45, 7) is 2.18. The number of fused-ring (bicyclic) bond motifs is 2. The summed E-state index contributed by atoms with van der Waals surface area (Å²) in [5, 5.41) is 2.84. The Hall–Kier alpha value is -2.90. The molecule has 2 heterocycles. The fourth-order valence-electron chi connectivity index (χ4n) is 4.52. The van der Waals surface area contributed by atoms with Crippen molar-refractivity contribution >= 4 is 28.8 Å². The van der Waals surface area contributed by atoms with Crippen molar-refractivity contribution in [2.45, 2.75) is 51.6 Å². The van der Waals surface area contributed by atoms with Crippen LogP contribution >= 0.6 is 0 Å². The molecule has 1 aromatic heterocycles. The molecule has 3 atom stereocenters. The molecule has 154 valence electrons. The third-order valence-corrected chi connectivity index (χ3v) is 5.93. The van der Waals surface area contributed by atoms with Gasteiger partial charge in [0.2, 0.25) is 17.7 Å². The number of likely N-dealkylation sites (tertiary alicyclic amines) is 1. The summed E-state index contributed by atoms with van der Waals surface area (Å²) in [4.78, 5) is 50.6. The highest BCUT2D eigenvalue weighted by molar-refractivity contribution is 6.05. The molecule has 1 aliphatic heterocycles. The van der Waals surface area contributed by atoms with Crippen LogP contribution in [0.25, 0.3) is 11.1 Å². The van der Waals surface area contributed by atoms with Crippen LogP contribution in [-0.2, 0) is 20.9 Å². The van der Waals surface area contributed by atoms with Crippen LogP contribution in [0.5, 0.6) is 0 Å². The Balaban J connectivity index is 1.33. The molecule has 4 rings (SSSR count). The van der Waals surface area contributed by atoms with Crippen LogP contribution < -0.4 is 11.1 Å². The Morgan fingerprint density at radius 1 is 1.14 bits per heavy atom. The van der Waals surface area contributed by atoms with Crippen molar-refractivity contribution in [1.29, 1.82) is 0 Å². The first kappa shape index (κ1) is 19.4. The highest BCUT2D eigenvalue weighted by Crippen LogP contribution is 2.37. The summed E-state index contributed by atoms with van der Waals surface area (Å²) in [5.41, 5.74) is 1.18. The van der Waals surface area contributed by atoms with Gasteiger partial charge in [-0.05, 0) is 31.9 Å². The number of imide groups is 1. The maximum atomic E-state index is 12.5. The van der Waals surface area contributed by atoms with Crippen molar-refractivity contribution in [1.82, 2.24) is 14.8 Å². The third-order valence-electron chi connectivity index (χ3n) is 5.93. The number of amides is 3. The van der Waals surface area contributed by atoms with E-state index in [1.165, 1.54) is 9.47 Å². The number of benzene rings is 1. The average Bonchev–Trinajstić information content (AvgIpc) is 3.15. The van der Waals surface area contributed by atoms with Gasteiger partial charge in [0.25, 0.3) is 0 Å². The van der Waals surface area contributed by atoms with Crippen LogP contribution in [0.3, 0.4) is 0 Å². The number of para-hydroxylation sites is 2. The van der Waals surface area contributed by atoms with Gasteiger partial charge < -0.3 is 9.73 Å². The Morgan fingerprint density at radius 2 is 1.79 bits per heavy atom. The molecule has 0 radical (unpaired) electrons. The number of hydrogen-bond donors (Lipinski definition) is 1. The first-order valence-electron chi connectivity index (χ1n) is 10.2. The molecule has 8 nitrogen and oxygen atoms in total. The van der Waals surface area contributed by atoms with E-state index in [1.54, 1.807) is 25.1 Å². The molecule has 2 unspecified atom stereocenters. The molecule has 1 saturated heterocycles. The van der Waals surface area contributed by atoms with E-state index in [1.807, 2.05) is 6.07 Å². The number of oxazole rings is 1.